The average Bonchev–Trinajstić information content (AvgIpc) is 4.12. The second kappa shape index (κ2) is 16.4. The number of methoxy groups -OCH3 is 1. The lowest BCUT2D eigenvalue weighted by molar-refractivity contribution is -0.153. The van der Waals surface area contributed by atoms with Gasteiger partial charge in [-0.3, -0.25) is 9.59 Å². The van der Waals surface area contributed by atoms with Crippen molar-refractivity contribution in [3.63, 3.8) is 0 Å². The van der Waals surface area contributed by atoms with Gasteiger partial charge in [0.15, 0.2) is 7.20 Å². The summed E-state index contributed by atoms with van der Waals surface area (Å²) in [5, 5.41) is 12.0. The Kier molecular flexibility index (Phi) is 9.92. The molecule has 7 rings (SSSR count). The van der Waals surface area contributed by atoms with Crippen LogP contribution in [0.5, 0.6) is 0 Å². The Labute approximate surface area is 336 Å². The molecule has 5 heterocycles. The third-order valence-corrected chi connectivity index (χ3v) is 10.7. The second-order valence-corrected chi connectivity index (χ2v) is 14.9. The number of nitrogens with one attached hydrogen (secondary N) is 4. The normalized spacial score (nSPS) is 22.5. The molecule has 0 bridgehead atoms. The lowest BCUT2D eigenvalue weighted by Crippen LogP contribution is -2.52. The Balaban J connectivity index is 1.05. The number of likely N-dealkylation sites (tertiary alicyclic amines) is 2. The van der Waals surface area contributed by atoms with Gasteiger partial charge in [-0.1, -0.05) is 76.2 Å². The van der Waals surface area contributed by atoms with E-state index < -0.39 is 60.8 Å². The van der Waals surface area contributed by atoms with Gasteiger partial charge in [-0.15, -0.1) is 0 Å². The van der Waals surface area contributed by atoms with Crippen LogP contribution < -0.4 is 10.6 Å². The molecule has 1 spiro atoms. The summed E-state index contributed by atoms with van der Waals surface area (Å²) in [6.45, 7) is 5.24. The molecule has 3 fully saturated rings. The van der Waals surface area contributed by atoms with E-state index in [1.807, 2.05) is 62.4 Å². The number of aromatic nitrogens is 4. The molecule has 1 unspecified atom stereocenters. The lowest BCUT2D eigenvalue weighted by atomic mass is 10.0. The maximum Gasteiger partial charge on any atom is 0.407 e. The summed E-state index contributed by atoms with van der Waals surface area (Å²) < 4.78 is 49.8. The van der Waals surface area contributed by atoms with Crippen LogP contribution in [0.1, 0.15) is 74.8 Å². The van der Waals surface area contributed by atoms with E-state index >= 15 is 0 Å². The van der Waals surface area contributed by atoms with Gasteiger partial charge in [0, 0.05) is 15.7 Å². The van der Waals surface area contributed by atoms with Gasteiger partial charge in [-0.05, 0) is 46.9 Å². The molecule has 0 aliphatic carbocycles. The number of hydrogen-bond acceptors (Lipinski definition) is 9. The molecule has 16 nitrogen and oxygen atoms in total. The number of carboxylic acid groups (broad SMARTS) is 1. The molecule has 2 aromatic carbocycles. The maximum absolute atomic E-state index is 14.0. The highest BCUT2D eigenvalue weighted by atomic mass is 16.7. The van der Waals surface area contributed by atoms with Gasteiger partial charge in [0.1, 0.15) is 23.7 Å². The number of imidazole rings is 2. The summed E-state index contributed by atoms with van der Waals surface area (Å²) in [5.74, 6) is -3.73. The number of amides is 4. The van der Waals surface area contributed by atoms with Crippen LogP contribution in [0.4, 0.5) is 9.59 Å². The zero-order valence-corrected chi connectivity index (χ0v) is 32.3. The van der Waals surface area contributed by atoms with Gasteiger partial charge in [-0.25, -0.2) is 19.6 Å². The third-order valence-electron chi connectivity index (χ3n) is 10.7. The predicted octanol–water partition coefficient (Wildman–Crippen LogP) is 5.49. The lowest BCUT2D eigenvalue weighted by Gasteiger charge is -2.30. The van der Waals surface area contributed by atoms with Crippen LogP contribution >= 0.6 is 0 Å². The molecule has 3 aliphatic rings. The van der Waals surface area contributed by atoms with Crippen LogP contribution in [-0.4, -0.2) is 110 Å². The molecule has 3 aliphatic heterocycles. The number of alkyl carbamates (subject to hydrolysis) is 1. The highest BCUT2D eigenvalue weighted by Gasteiger charge is 2.52. The van der Waals surface area contributed by atoms with Crippen LogP contribution in [0.3, 0.4) is 0 Å². The van der Waals surface area contributed by atoms with Crippen molar-refractivity contribution in [1.29, 1.82) is 0 Å². The number of nitrogens with zero attached hydrogens (tertiary/aromatic N) is 4. The SMILES string of the molecule is [2H]CC([2H])(C)[C@@]([2H])(C(=O)N1CCC[C@H]1c1ncc(-c2ccc(-c3ccc(-c4cnc([C@@H]5CC6(CN5C(=O)[C@@H](NC(=O)OC)C(C)C)OCCO6)[nH]4)cc3)cc2)[nH]1)N([2H])C(=O)O. The van der Waals surface area contributed by atoms with Gasteiger partial charge in [0.2, 0.25) is 11.8 Å². The fraction of sp³-hybridized carbons (Fsp3) is 0.463. The highest BCUT2D eigenvalue weighted by Crippen LogP contribution is 2.43. The van der Waals surface area contributed by atoms with E-state index in [2.05, 4.69) is 25.3 Å². The third kappa shape index (κ3) is 8.23. The van der Waals surface area contributed by atoms with Crippen molar-refractivity contribution < 1.29 is 44.0 Å². The first kappa shape index (κ1) is 34.5. The molecule has 57 heavy (non-hydrogen) atoms. The number of aromatic amines is 2. The molecule has 302 valence electrons. The van der Waals surface area contributed by atoms with Gasteiger partial charge >= 0.3 is 12.2 Å². The van der Waals surface area contributed by atoms with Crippen molar-refractivity contribution in [2.24, 2.45) is 11.8 Å². The molecule has 5 atom stereocenters. The average molecular weight is 787 g/mol. The first-order chi connectivity index (χ1) is 29.0. The first-order valence-corrected chi connectivity index (χ1v) is 18.9. The van der Waals surface area contributed by atoms with Gasteiger partial charge in [0.05, 0.1) is 64.1 Å². The van der Waals surface area contributed by atoms with Crippen LogP contribution in [0, 0.1) is 11.8 Å². The van der Waals surface area contributed by atoms with Crippen molar-refractivity contribution in [2.45, 2.75) is 76.9 Å². The molecule has 0 radical (unpaired) electrons. The van der Waals surface area contributed by atoms with Crippen LogP contribution in [0.15, 0.2) is 60.9 Å². The number of ether oxygens (including phenoxy) is 3. The number of carbonyl (C=O) groups excluding carboxylic acids is 3. The van der Waals surface area contributed by atoms with Crippen LogP contribution in [-0.2, 0) is 23.8 Å². The van der Waals surface area contributed by atoms with E-state index in [1.165, 1.54) is 12.0 Å². The van der Waals surface area contributed by atoms with Crippen molar-refractivity contribution in [3.05, 3.63) is 72.6 Å². The summed E-state index contributed by atoms with van der Waals surface area (Å²) in [6.07, 6.45) is 2.19. The van der Waals surface area contributed by atoms with E-state index in [-0.39, 0.29) is 30.2 Å². The number of benzene rings is 2. The van der Waals surface area contributed by atoms with Gasteiger partial charge in [0.25, 0.3) is 0 Å². The summed E-state index contributed by atoms with van der Waals surface area (Å²) >= 11 is 0. The molecule has 2 aromatic heterocycles. The highest BCUT2D eigenvalue weighted by molar-refractivity contribution is 5.87. The van der Waals surface area contributed by atoms with Crippen LogP contribution in [0.25, 0.3) is 33.6 Å². The Bertz CT molecular complexity index is 2250. The fourth-order valence-corrected chi connectivity index (χ4v) is 7.74. The Hall–Kier alpha value is -5.74. The molecule has 4 amide bonds. The molecular weight excluding hydrogens is 732 g/mol. The van der Waals surface area contributed by atoms with Crippen LogP contribution in [0.2, 0.25) is 1.41 Å². The Morgan fingerprint density at radius 1 is 0.912 bits per heavy atom. The molecule has 0 saturated carbocycles. The quantitative estimate of drug-likeness (QED) is 0.129. The predicted molar refractivity (Wildman–Crippen MR) is 208 cm³/mol. The molecular formula is C41H50N8O8. The summed E-state index contributed by atoms with van der Waals surface area (Å²) in [7, 11) is 1.25. The van der Waals surface area contributed by atoms with Crippen molar-refractivity contribution in [1.82, 2.24) is 40.4 Å². The van der Waals surface area contributed by atoms with Gasteiger partial charge in [-0.2, -0.15) is 0 Å². The Morgan fingerprint density at radius 3 is 2.00 bits per heavy atom. The summed E-state index contributed by atoms with van der Waals surface area (Å²) in [4.78, 5) is 70.4. The summed E-state index contributed by atoms with van der Waals surface area (Å²) in [5.41, 5.74) is 5.03. The van der Waals surface area contributed by atoms with Crippen molar-refractivity contribution in [3.8, 4) is 33.6 Å². The van der Waals surface area contributed by atoms with Crippen molar-refractivity contribution >= 4 is 24.0 Å². The topological polar surface area (TPSA) is 204 Å². The molecule has 16 heteroatoms. The minimum absolute atomic E-state index is 0.179. The first-order valence-electron chi connectivity index (χ1n) is 21.0. The number of hydrogen-bond donors (Lipinski definition) is 5. The zero-order chi connectivity index (χ0) is 43.9. The minimum atomic E-state index is -2.87. The number of H-pyrrole nitrogens is 2. The molecule has 5 N–H and O–H groups in total. The largest absolute Gasteiger partial charge is 0.465 e. The van der Waals surface area contributed by atoms with E-state index in [4.69, 9.17) is 19.7 Å². The van der Waals surface area contributed by atoms with E-state index in [9.17, 15) is 24.3 Å². The fourth-order valence-electron chi connectivity index (χ4n) is 7.74. The number of carbonyl (C=O) groups is 4. The van der Waals surface area contributed by atoms with Gasteiger partial charge < -0.3 is 49.7 Å². The smallest absolute Gasteiger partial charge is 0.407 e. The standard InChI is InChI=1S/C41H50N8O8/c1-23(2)33(46-39(52)53)37(50)48-16-6-7-31(48)35-42-20-29(44-35)27-12-8-25(9-13-27)26-10-14-28(15-11-26)30-21-43-36(45-30)32-19-41(56-17-18-57-41)22-49(32)38(51)34(24(3)4)47-40(54)55-5/h8-15,20-21,23-24,31-34,46H,6-7,16-19,22H2,1-5H3,(H,42,44)(H,43,45)(H,47,54)(H,52,53)/t31-,32-,33-,34-/m0/s1/i1D,23D,33D/hD/t23?,31-,32-,33-,34-. The van der Waals surface area contributed by atoms with E-state index in [1.54, 1.807) is 17.3 Å². The Morgan fingerprint density at radius 2 is 1.47 bits per heavy atom. The monoisotopic (exact) mass is 786 g/mol. The number of rotatable bonds is 11. The van der Waals surface area contributed by atoms with E-state index in [0.29, 0.717) is 49.8 Å². The molecule has 3 saturated heterocycles. The maximum atomic E-state index is 14.0. The second-order valence-electron chi connectivity index (χ2n) is 14.9. The minimum Gasteiger partial charge on any atom is -0.465 e. The molecule has 4 aromatic rings. The summed E-state index contributed by atoms with van der Waals surface area (Å²) in [6, 6.07) is 10.9. The van der Waals surface area contributed by atoms with E-state index in [0.717, 1.165) is 34.9 Å². The van der Waals surface area contributed by atoms with Crippen molar-refractivity contribution in [2.75, 3.05) is 33.4 Å². The zero-order valence-electron chi connectivity index (χ0n) is 36.3.